The molecule has 0 saturated carbocycles. The molecule has 24 heavy (non-hydrogen) atoms. The number of aliphatic hydroxyl groups is 1. The minimum atomic E-state index is -0.0248. The Morgan fingerprint density at radius 3 is 2.83 bits per heavy atom. The molecule has 5 heteroatoms. The van der Waals surface area contributed by atoms with Crippen molar-refractivity contribution in [2.24, 2.45) is 5.41 Å². The molecule has 0 aromatic heterocycles. The maximum atomic E-state index is 12.6. The molecule has 1 heterocycles. The van der Waals surface area contributed by atoms with Crippen molar-refractivity contribution in [2.45, 2.75) is 52.6 Å². The van der Waals surface area contributed by atoms with E-state index in [-0.39, 0.29) is 24.7 Å². The van der Waals surface area contributed by atoms with Crippen molar-refractivity contribution in [1.29, 1.82) is 0 Å². The highest BCUT2D eigenvalue weighted by Crippen LogP contribution is 2.30. The lowest BCUT2D eigenvalue weighted by Gasteiger charge is -2.30. The average molecular weight is 334 g/mol. The number of ether oxygens (including phenoxy) is 1. The molecule has 134 valence electrons. The summed E-state index contributed by atoms with van der Waals surface area (Å²) in [4.78, 5) is 14.5. The molecule has 1 aromatic rings. The molecule has 0 aliphatic carbocycles. The molecule has 0 radical (unpaired) electrons. The van der Waals surface area contributed by atoms with Crippen molar-refractivity contribution < 1.29 is 14.6 Å². The zero-order chi connectivity index (χ0) is 17.6. The van der Waals surface area contributed by atoms with E-state index in [0.717, 1.165) is 31.4 Å². The van der Waals surface area contributed by atoms with Gasteiger partial charge in [-0.25, -0.2) is 4.79 Å². The number of hydrogen-bond donors (Lipinski definition) is 2. The first kappa shape index (κ1) is 18.6. The molecule has 1 fully saturated rings. The van der Waals surface area contributed by atoms with Crippen LogP contribution in [-0.2, 0) is 6.54 Å². The molecule has 5 nitrogen and oxygen atoms in total. The predicted octanol–water partition coefficient (Wildman–Crippen LogP) is 3.17. The van der Waals surface area contributed by atoms with Gasteiger partial charge < -0.3 is 20.1 Å². The summed E-state index contributed by atoms with van der Waals surface area (Å²) in [5.41, 5.74) is 1.14. The van der Waals surface area contributed by atoms with Gasteiger partial charge in [0.1, 0.15) is 12.4 Å². The van der Waals surface area contributed by atoms with E-state index in [1.54, 1.807) is 0 Å². The molecule has 1 atom stereocenters. The second-order valence-corrected chi connectivity index (χ2v) is 7.59. The third-order valence-corrected chi connectivity index (χ3v) is 4.24. The van der Waals surface area contributed by atoms with Gasteiger partial charge in [-0.2, -0.15) is 0 Å². The highest BCUT2D eigenvalue weighted by molar-refractivity contribution is 5.75. The Kier molecular flexibility index (Phi) is 6.49. The van der Waals surface area contributed by atoms with Crippen molar-refractivity contribution in [3.05, 3.63) is 29.8 Å². The minimum Gasteiger partial charge on any atom is -0.491 e. The predicted molar refractivity (Wildman–Crippen MR) is 95.1 cm³/mol. The lowest BCUT2D eigenvalue weighted by atomic mass is 9.87. The molecule has 2 rings (SSSR count). The zero-order valence-electron chi connectivity index (χ0n) is 15.0. The Balaban J connectivity index is 1.93. The Morgan fingerprint density at radius 1 is 1.38 bits per heavy atom. The maximum Gasteiger partial charge on any atom is 0.317 e. The van der Waals surface area contributed by atoms with E-state index in [4.69, 9.17) is 9.84 Å². The summed E-state index contributed by atoms with van der Waals surface area (Å²) in [6.45, 7) is 8.14. The summed E-state index contributed by atoms with van der Waals surface area (Å²) in [7, 11) is 0. The number of amides is 2. The van der Waals surface area contributed by atoms with E-state index >= 15 is 0 Å². The van der Waals surface area contributed by atoms with Crippen LogP contribution in [0.25, 0.3) is 0 Å². The first-order chi connectivity index (χ1) is 11.4. The van der Waals surface area contributed by atoms with Gasteiger partial charge in [0.05, 0.1) is 6.61 Å². The monoisotopic (exact) mass is 334 g/mol. The number of benzene rings is 1. The lowest BCUT2D eigenvalue weighted by Crippen LogP contribution is -2.43. The van der Waals surface area contributed by atoms with Crippen LogP contribution in [0.5, 0.6) is 5.75 Å². The summed E-state index contributed by atoms with van der Waals surface area (Å²) < 4.78 is 5.52. The first-order valence-corrected chi connectivity index (χ1v) is 8.77. The Hall–Kier alpha value is -1.75. The number of para-hydroxylation sites is 1. The third kappa shape index (κ3) is 5.41. The van der Waals surface area contributed by atoms with Crippen molar-refractivity contribution in [2.75, 3.05) is 19.8 Å². The van der Waals surface area contributed by atoms with Gasteiger partial charge >= 0.3 is 6.03 Å². The van der Waals surface area contributed by atoms with Gasteiger partial charge in [-0.1, -0.05) is 39.0 Å². The van der Waals surface area contributed by atoms with E-state index in [1.165, 1.54) is 0 Å². The number of aliphatic hydroxyl groups excluding tert-OH is 1. The summed E-state index contributed by atoms with van der Waals surface area (Å²) >= 11 is 0. The molecule has 1 aromatic carbocycles. The Bertz CT molecular complexity index is 540. The van der Waals surface area contributed by atoms with Crippen LogP contribution in [0, 0.1) is 5.41 Å². The van der Waals surface area contributed by atoms with Gasteiger partial charge in [0.15, 0.2) is 0 Å². The highest BCUT2D eigenvalue weighted by Gasteiger charge is 2.31. The van der Waals surface area contributed by atoms with Crippen molar-refractivity contribution in [3.63, 3.8) is 0 Å². The van der Waals surface area contributed by atoms with Crippen LogP contribution < -0.4 is 10.1 Å². The number of urea groups is 1. The quantitative estimate of drug-likeness (QED) is 0.840. The van der Waals surface area contributed by atoms with E-state index in [0.29, 0.717) is 18.3 Å². The molecule has 1 aliphatic heterocycles. The molecule has 1 unspecified atom stereocenters. The summed E-state index contributed by atoms with van der Waals surface area (Å²) in [6, 6.07) is 7.92. The van der Waals surface area contributed by atoms with Crippen LogP contribution in [0.1, 0.15) is 45.6 Å². The summed E-state index contributed by atoms with van der Waals surface area (Å²) in [6.07, 6.45) is 3.18. The second-order valence-electron chi connectivity index (χ2n) is 7.59. The maximum absolute atomic E-state index is 12.6. The SMILES string of the molecule is CC(C)(C)CC1CCCN1C(=O)NCc1ccccc1OCCO. The first-order valence-electron chi connectivity index (χ1n) is 8.77. The standard InChI is InChI=1S/C19H30N2O3/c1-19(2,3)13-16-8-6-10-21(16)18(23)20-14-15-7-4-5-9-17(15)24-12-11-22/h4-5,7,9,16,22H,6,8,10-14H2,1-3H3,(H,20,23). The van der Waals surface area contributed by atoms with Gasteiger partial charge in [0.25, 0.3) is 0 Å². The van der Waals surface area contributed by atoms with E-state index in [1.807, 2.05) is 29.2 Å². The number of nitrogens with zero attached hydrogens (tertiary/aromatic N) is 1. The van der Waals surface area contributed by atoms with Gasteiger partial charge in [-0.05, 0) is 30.7 Å². The molecule has 1 aliphatic rings. The Morgan fingerprint density at radius 2 is 2.12 bits per heavy atom. The highest BCUT2D eigenvalue weighted by atomic mass is 16.5. The van der Waals surface area contributed by atoms with Crippen molar-refractivity contribution in [1.82, 2.24) is 10.2 Å². The number of likely N-dealkylation sites (tertiary alicyclic amines) is 1. The number of hydrogen-bond acceptors (Lipinski definition) is 3. The Labute approximate surface area is 145 Å². The normalized spacial score (nSPS) is 17.8. The lowest BCUT2D eigenvalue weighted by molar-refractivity contribution is 0.174. The van der Waals surface area contributed by atoms with Gasteiger partial charge in [0.2, 0.25) is 0 Å². The van der Waals surface area contributed by atoms with Gasteiger partial charge in [0, 0.05) is 24.7 Å². The number of carbonyl (C=O) groups is 1. The molecule has 0 spiro atoms. The largest absolute Gasteiger partial charge is 0.491 e. The number of nitrogens with one attached hydrogen (secondary N) is 1. The molecule has 0 bridgehead atoms. The molecule has 2 N–H and O–H groups in total. The fourth-order valence-corrected chi connectivity index (χ4v) is 3.24. The minimum absolute atomic E-state index is 0.00119. The van der Waals surface area contributed by atoms with Crippen molar-refractivity contribution >= 4 is 6.03 Å². The van der Waals surface area contributed by atoms with Crippen molar-refractivity contribution in [3.8, 4) is 5.75 Å². The molecule has 2 amide bonds. The van der Waals surface area contributed by atoms with Crippen LogP contribution in [0.3, 0.4) is 0 Å². The molecule has 1 saturated heterocycles. The second kappa shape index (κ2) is 8.38. The van der Waals surface area contributed by atoms with Crippen LogP contribution in [0.15, 0.2) is 24.3 Å². The zero-order valence-corrected chi connectivity index (χ0v) is 15.0. The van der Waals surface area contributed by atoms with Crippen LogP contribution in [-0.4, -0.2) is 41.8 Å². The van der Waals surface area contributed by atoms with Crippen LogP contribution in [0.2, 0.25) is 0 Å². The molecular weight excluding hydrogens is 304 g/mol. The third-order valence-electron chi connectivity index (χ3n) is 4.24. The molecular formula is C19H30N2O3. The van der Waals surface area contributed by atoms with Gasteiger partial charge in [-0.15, -0.1) is 0 Å². The number of carbonyl (C=O) groups excluding carboxylic acids is 1. The topological polar surface area (TPSA) is 61.8 Å². The fourth-order valence-electron chi connectivity index (χ4n) is 3.24. The summed E-state index contributed by atoms with van der Waals surface area (Å²) in [5.74, 6) is 0.708. The van der Waals surface area contributed by atoms with Gasteiger partial charge in [-0.3, -0.25) is 0 Å². The van der Waals surface area contributed by atoms with E-state index < -0.39 is 0 Å². The van der Waals surface area contributed by atoms with Crippen LogP contribution >= 0.6 is 0 Å². The van der Waals surface area contributed by atoms with Crippen LogP contribution in [0.4, 0.5) is 4.79 Å². The van der Waals surface area contributed by atoms with E-state index in [9.17, 15) is 4.79 Å². The van der Waals surface area contributed by atoms with E-state index in [2.05, 4.69) is 26.1 Å². The number of rotatable bonds is 6. The summed E-state index contributed by atoms with van der Waals surface area (Å²) in [5, 5.41) is 11.9. The fraction of sp³-hybridized carbons (Fsp3) is 0.632. The smallest absolute Gasteiger partial charge is 0.317 e. The average Bonchev–Trinajstić information content (AvgIpc) is 2.97.